The van der Waals surface area contributed by atoms with Gasteiger partial charge in [-0.3, -0.25) is 4.39 Å². The minimum absolute atomic E-state index is 0.0575. The van der Waals surface area contributed by atoms with E-state index in [2.05, 4.69) is 38.1 Å². The highest BCUT2D eigenvalue weighted by molar-refractivity contribution is 7.83. The number of rotatable bonds is 8. The second-order valence-electron chi connectivity index (χ2n) is 6.12. The molecule has 0 fully saturated rings. The molecular weight excluding hydrogens is 449 g/mol. The average molecular weight is 469 g/mol. The molecule has 0 spiro atoms. The van der Waals surface area contributed by atoms with Crippen molar-refractivity contribution in [2.45, 2.75) is 18.6 Å². The number of fused-ring (bicyclic) bond motifs is 1. The molecule has 0 radical (unpaired) electrons. The van der Waals surface area contributed by atoms with Crippen molar-refractivity contribution < 1.29 is 21.8 Å². The van der Waals surface area contributed by atoms with Crippen LogP contribution in [0.4, 0.5) is 13.2 Å². The number of thiazole rings is 1. The second-order valence-corrected chi connectivity index (χ2v) is 8.48. The molecule has 0 aliphatic carbocycles. The molecule has 1 N–H and O–H groups in total. The number of alkyl halides is 3. The van der Waals surface area contributed by atoms with Crippen LogP contribution in [-0.2, 0) is 23.8 Å². The highest BCUT2D eigenvalue weighted by Gasteiger charge is 2.14. The normalized spacial score (nSPS) is 12.0. The number of hydrogen-bond donors (Lipinski definition) is 1. The average Bonchev–Trinajstić information content (AvgIpc) is 3.41. The van der Waals surface area contributed by atoms with Crippen LogP contribution >= 0.6 is 11.3 Å². The van der Waals surface area contributed by atoms with Crippen LogP contribution in [0.25, 0.3) is 21.3 Å². The van der Waals surface area contributed by atoms with Gasteiger partial charge in [-0.1, -0.05) is 36.4 Å². The third kappa shape index (κ3) is 6.18. The second kappa shape index (κ2) is 11.1. The van der Waals surface area contributed by atoms with E-state index >= 15 is 0 Å². The fourth-order valence-corrected chi connectivity index (χ4v) is 4.20. The van der Waals surface area contributed by atoms with Gasteiger partial charge in [0.1, 0.15) is 5.01 Å². The first-order chi connectivity index (χ1) is 15.1. The van der Waals surface area contributed by atoms with E-state index < -0.39 is 16.7 Å². The maximum Gasteiger partial charge on any atom is 0.325 e. The fourth-order valence-electron chi connectivity index (χ4n) is 2.77. The van der Waals surface area contributed by atoms with Gasteiger partial charge in [0.05, 0.1) is 23.8 Å². The molecule has 4 rings (SSSR count). The van der Waals surface area contributed by atoms with E-state index in [4.69, 9.17) is 4.42 Å². The van der Waals surface area contributed by atoms with Crippen molar-refractivity contribution in [1.82, 2.24) is 19.9 Å². The monoisotopic (exact) mass is 468 g/mol. The van der Waals surface area contributed by atoms with Gasteiger partial charge in [-0.15, -0.1) is 21.5 Å². The summed E-state index contributed by atoms with van der Waals surface area (Å²) in [7, 11) is -1.88. The van der Waals surface area contributed by atoms with Crippen molar-refractivity contribution in [3.63, 3.8) is 0 Å². The van der Waals surface area contributed by atoms with Crippen LogP contribution in [-0.4, -0.2) is 38.9 Å². The summed E-state index contributed by atoms with van der Waals surface area (Å²) in [6, 6.07) is 16.3. The molecule has 6 nitrogen and oxygen atoms in total. The lowest BCUT2D eigenvalue weighted by molar-refractivity contribution is 0.242. The Morgan fingerprint density at radius 2 is 1.81 bits per heavy atom. The van der Waals surface area contributed by atoms with Crippen molar-refractivity contribution in [3.05, 3.63) is 65.3 Å². The fraction of sp³-hybridized carbons (Fsp3) is 0.250. The van der Waals surface area contributed by atoms with Crippen molar-refractivity contribution in [3.8, 4) is 11.1 Å². The molecule has 0 amide bonds. The molecule has 0 aliphatic heterocycles. The molecule has 4 aromatic rings. The van der Waals surface area contributed by atoms with Gasteiger partial charge in [-0.25, -0.2) is 13.9 Å². The summed E-state index contributed by atoms with van der Waals surface area (Å²) in [5.41, 5.74) is 3.18. The highest BCUT2D eigenvalue weighted by atomic mass is 32.2. The summed E-state index contributed by atoms with van der Waals surface area (Å²) in [4.78, 5) is 4.61. The number of nitrogens with one attached hydrogen (secondary N) is 1. The van der Waals surface area contributed by atoms with E-state index in [9.17, 15) is 17.4 Å². The van der Waals surface area contributed by atoms with Crippen molar-refractivity contribution in [2.75, 3.05) is 13.7 Å². The van der Waals surface area contributed by atoms with Gasteiger partial charge >= 0.3 is 5.76 Å². The highest BCUT2D eigenvalue weighted by Crippen LogP contribution is 2.29. The van der Waals surface area contributed by atoms with Gasteiger partial charge in [0.25, 0.3) is 0 Å². The minimum atomic E-state index is -2.92. The first-order valence-corrected chi connectivity index (χ1v) is 11.2. The van der Waals surface area contributed by atoms with Gasteiger partial charge in [0, 0.05) is 13.0 Å². The Kier molecular flexibility index (Phi) is 8.27. The Balaban J connectivity index is 0.00000132. The maximum atomic E-state index is 12.2. The van der Waals surface area contributed by atoms with Crippen LogP contribution in [0.1, 0.15) is 16.8 Å². The number of hydrogen-bond acceptors (Lipinski definition) is 6. The molecule has 1 unspecified atom stereocenters. The van der Waals surface area contributed by atoms with Crippen LogP contribution in [0.5, 0.6) is 0 Å². The zero-order valence-electron chi connectivity index (χ0n) is 16.4. The van der Waals surface area contributed by atoms with E-state index in [0.717, 1.165) is 26.4 Å². The van der Waals surface area contributed by atoms with Gasteiger partial charge in [0.15, 0.2) is 11.0 Å². The first kappa shape index (κ1) is 23.0. The van der Waals surface area contributed by atoms with E-state index in [1.165, 1.54) is 0 Å². The summed E-state index contributed by atoms with van der Waals surface area (Å²) in [6.07, 6.45) is 0.606. The van der Waals surface area contributed by atoms with Crippen LogP contribution in [0.2, 0.25) is 0 Å². The largest absolute Gasteiger partial charge is 0.425 e. The van der Waals surface area contributed by atoms with E-state index in [1.54, 1.807) is 11.3 Å². The minimum Gasteiger partial charge on any atom is -0.425 e. The zero-order chi connectivity index (χ0) is 22.2. The zero-order valence-corrected chi connectivity index (χ0v) is 18.1. The van der Waals surface area contributed by atoms with E-state index in [1.807, 2.05) is 30.3 Å². The molecule has 1 atom stereocenters. The SMILES string of the molecule is CF.O=S(NCCc1nnc(Cc2nc3ccc(-c4ccccc4)cc3s2)o1)C(F)F. The number of benzene rings is 2. The predicted octanol–water partition coefficient (Wildman–Crippen LogP) is 4.54. The smallest absolute Gasteiger partial charge is 0.325 e. The number of halogens is 3. The Morgan fingerprint density at radius 1 is 1.06 bits per heavy atom. The summed E-state index contributed by atoms with van der Waals surface area (Å²) >= 11 is 1.56. The predicted molar refractivity (Wildman–Crippen MR) is 115 cm³/mol. The van der Waals surface area contributed by atoms with E-state index in [0.29, 0.717) is 25.4 Å². The van der Waals surface area contributed by atoms with Crippen LogP contribution in [0.15, 0.2) is 52.9 Å². The Morgan fingerprint density at radius 3 is 2.55 bits per heavy atom. The Bertz CT molecular complexity index is 1140. The van der Waals surface area contributed by atoms with Crippen LogP contribution < -0.4 is 4.72 Å². The summed E-state index contributed by atoms with van der Waals surface area (Å²) in [5.74, 6) is -2.22. The molecule has 0 saturated heterocycles. The quantitative estimate of drug-likeness (QED) is 0.411. The summed E-state index contributed by atoms with van der Waals surface area (Å²) in [5, 5.41) is 8.72. The van der Waals surface area contributed by atoms with Gasteiger partial charge < -0.3 is 4.42 Å². The maximum absolute atomic E-state index is 12.2. The molecule has 164 valence electrons. The standard InChI is InChI=1S/C19H16F2N4O2S2.CH3F/c20-19(21)29(26)22-9-8-16-24-25-17(27-16)11-18-23-14-7-6-13(10-15(14)28-18)12-4-2-1-3-5-12;1-2/h1-7,10,19,22H,8-9,11H2;1H3. The molecular formula is C20H19F3N4O2S2. The first-order valence-electron chi connectivity index (χ1n) is 9.14. The van der Waals surface area contributed by atoms with Crippen molar-refractivity contribution in [1.29, 1.82) is 0 Å². The van der Waals surface area contributed by atoms with E-state index in [-0.39, 0.29) is 13.0 Å². The van der Waals surface area contributed by atoms with Crippen LogP contribution in [0.3, 0.4) is 0 Å². The molecule has 2 aromatic heterocycles. The van der Waals surface area contributed by atoms with Gasteiger partial charge in [-0.05, 0) is 23.3 Å². The van der Waals surface area contributed by atoms with Crippen LogP contribution in [0, 0.1) is 0 Å². The lowest BCUT2D eigenvalue weighted by atomic mass is 10.1. The Hall–Kier alpha value is -2.63. The molecule has 0 saturated carbocycles. The van der Waals surface area contributed by atoms with Crippen molar-refractivity contribution in [2.24, 2.45) is 0 Å². The summed E-state index contributed by atoms with van der Waals surface area (Å²) < 4.78 is 53.7. The molecule has 11 heteroatoms. The topological polar surface area (TPSA) is 80.9 Å². The third-order valence-corrected chi connectivity index (χ3v) is 5.93. The lowest BCUT2D eigenvalue weighted by Crippen LogP contribution is -2.24. The molecule has 0 aliphatic rings. The number of nitrogens with zero attached hydrogens (tertiary/aromatic N) is 3. The van der Waals surface area contributed by atoms with Gasteiger partial charge in [-0.2, -0.15) is 8.78 Å². The lowest BCUT2D eigenvalue weighted by Gasteiger charge is -2.00. The molecule has 0 bridgehead atoms. The summed E-state index contributed by atoms with van der Waals surface area (Å²) in [6.45, 7) is 0.0575. The third-order valence-electron chi connectivity index (χ3n) is 4.10. The Labute approximate surface area is 183 Å². The van der Waals surface area contributed by atoms with Gasteiger partial charge in [0.2, 0.25) is 11.8 Å². The molecule has 31 heavy (non-hydrogen) atoms. The molecule has 2 aromatic carbocycles. The molecule has 2 heterocycles. The van der Waals surface area contributed by atoms with Crippen molar-refractivity contribution >= 4 is 32.5 Å². The number of aromatic nitrogens is 3.